The Morgan fingerprint density at radius 1 is 0.912 bits per heavy atom. The van der Waals surface area contributed by atoms with Crippen molar-refractivity contribution in [2.75, 3.05) is 13.2 Å². The van der Waals surface area contributed by atoms with Crippen LogP contribution in [0.25, 0.3) is 21.2 Å². The molecule has 0 spiro atoms. The van der Waals surface area contributed by atoms with Crippen molar-refractivity contribution in [1.29, 1.82) is 0 Å². The summed E-state index contributed by atoms with van der Waals surface area (Å²) in [7, 11) is -1.67. The summed E-state index contributed by atoms with van der Waals surface area (Å²) in [5.74, 6) is 0. The van der Waals surface area contributed by atoms with Crippen LogP contribution in [0, 0.1) is 0 Å². The molecule has 34 heavy (non-hydrogen) atoms. The molecule has 1 heterocycles. The van der Waals surface area contributed by atoms with Crippen LogP contribution >= 0.6 is 43.1 Å². The van der Waals surface area contributed by atoms with E-state index < -0.39 is 14.6 Å². The van der Waals surface area contributed by atoms with E-state index in [4.69, 9.17) is 32.2 Å². The van der Waals surface area contributed by atoms with E-state index in [1.54, 1.807) is 17.4 Å². The topological polar surface area (TPSA) is 41.9 Å². The molecule has 3 aromatic carbocycles. The number of halogens is 2. The lowest BCUT2D eigenvalue weighted by Crippen LogP contribution is -2.24. The Morgan fingerprint density at radius 2 is 1.59 bits per heavy atom. The molecule has 0 bridgehead atoms. The van der Waals surface area contributed by atoms with Gasteiger partial charge in [0.1, 0.15) is 0 Å². The van der Waals surface area contributed by atoms with Gasteiger partial charge in [0.2, 0.25) is 0 Å². The first-order chi connectivity index (χ1) is 16.5. The molecular formula is C26H26Cl2NO3PS. The van der Waals surface area contributed by atoms with Gasteiger partial charge in [-0.25, -0.2) is 0 Å². The van der Waals surface area contributed by atoms with Gasteiger partial charge in [0.15, 0.2) is 0 Å². The van der Waals surface area contributed by atoms with E-state index in [2.05, 4.69) is 24.3 Å². The van der Waals surface area contributed by atoms with Gasteiger partial charge in [0.25, 0.3) is 8.53 Å². The summed E-state index contributed by atoms with van der Waals surface area (Å²) in [5.41, 5.74) is 3.16. The normalized spacial score (nSPS) is 12.7. The zero-order valence-corrected chi connectivity index (χ0v) is 22.2. The monoisotopic (exact) mass is 533 g/mol. The zero-order valence-electron chi connectivity index (χ0n) is 18.9. The second kappa shape index (κ2) is 11.9. The van der Waals surface area contributed by atoms with Crippen molar-refractivity contribution in [3.63, 3.8) is 0 Å². The van der Waals surface area contributed by atoms with E-state index in [-0.39, 0.29) is 0 Å². The number of thiophene rings is 1. The fraction of sp³-hybridized carbons (Fsp3) is 0.231. The van der Waals surface area contributed by atoms with Gasteiger partial charge in [-0.05, 0) is 49.6 Å². The van der Waals surface area contributed by atoms with Gasteiger partial charge in [-0.3, -0.25) is 0 Å². The Balaban J connectivity index is 1.88. The lowest BCUT2D eigenvalue weighted by Gasteiger charge is -2.31. The Labute approximate surface area is 215 Å². The molecule has 0 saturated carbocycles. The smallest absolute Gasteiger partial charge is 0.284 e. The summed E-state index contributed by atoms with van der Waals surface area (Å²) >= 11 is 14.2. The quantitative estimate of drug-likeness (QED) is 0.163. The fourth-order valence-corrected chi connectivity index (χ4v) is 6.75. The van der Waals surface area contributed by atoms with Crippen molar-refractivity contribution >= 4 is 53.2 Å². The van der Waals surface area contributed by atoms with Gasteiger partial charge < -0.3 is 14.3 Å². The molecule has 0 fully saturated rings. The van der Waals surface area contributed by atoms with Crippen molar-refractivity contribution in [2.45, 2.75) is 26.3 Å². The van der Waals surface area contributed by atoms with Crippen LogP contribution in [-0.4, -0.2) is 23.3 Å². The highest BCUT2D eigenvalue weighted by Gasteiger charge is 2.33. The van der Waals surface area contributed by atoms with Gasteiger partial charge in [-0.2, -0.15) is 0 Å². The first kappa shape index (κ1) is 25.6. The van der Waals surface area contributed by atoms with Crippen LogP contribution in [-0.2, 0) is 15.5 Å². The van der Waals surface area contributed by atoms with Gasteiger partial charge >= 0.3 is 0 Å². The molecule has 1 aromatic heterocycles. The maximum Gasteiger partial charge on any atom is 0.284 e. The van der Waals surface area contributed by atoms with Gasteiger partial charge in [0.05, 0.1) is 29.3 Å². The maximum atomic E-state index is 11.5. The third kappa shape index (κ3) is 5.64. The highest BCUT2D eigenvalue weighted by atomic mass is 35.5. The number of nitrogens with zero attached hydrogens (tertiary/aromatic N) is 1. The number of fused-ring (bicyclic) bond motifs is 1. The van der Waals surface area contributed by atoms with Crippen LogP contribution in [0.2, 0.25) is 10.0 Å². The molecule has 4 rings (SSSR count). The lowest BCUT2D eigenvalue weighted by molar-refractivity contribution is -0.0585. The molecule has 0 radical (unpaired) electrons. The molecule has 1 atom stereocenters. The number of hydrogen-bond acceptors (Lipinski definition) is 5. The van der Waals surface area contributed by atoms with Crippen molar-refractivity contribution in [3.8, 4) is 11.1 Å². The molecule has 0 aliphatic carbocycles. The first-order valence-corrected chi connectivity index (χ1v) is 13.8. The van der Waals surface area contributed by atoms with Crippen molar-refractivity contribution in [2.24, 2.45) is 0 Å². The van der Waals surface area contributed by atoms with E-state index >= 15 is 0 Å². The molecule has 0 aliphatic rings. The predicted molar refractivity (Wildman–Crippen MR) is 144 cm³/mol. The van der Waals surface area contributed by atoms with Gasteiger partial charge in [-0.1, -0.05) is 77.8 Å². The second-order valence-electron chi connectivity index (χ2n) is 7.57. The molecule has 0 amide bonds. The van der Waals surface area contributed by atoms with Crippen LogP contribution < -0.4 is 0 Å². The van der Waals surface area contributed by atoms with E-state index in [1.165, 1.54) is 4.83 Å². The molecule has 1 N–H and O–H groups in total. The zero-order chi connectivity index (χ0) is 24.1. The van der Waals surface area contributed by atoms with E-state index in [0.717, 1.165) is 31.7 Å². The number of hydrogen-bond donors (Lipinski definition) is 1. The standard InChI is InChI=1S/C26H26Cl2NO3PS/c1-3-31-33(32-4-2)29(30)23(17-18-14-15-21(27)22(28)16-18)26-25(19-10-6-5-7-11-19)20-12-8-9-13-24(20)34-26/h5-16,23,30H,3-4,17H2,1-2H3. The summed E-state index contributed by atoms with van der Waals surface area (Å²) in [4.78, 5) is 2.29. The molecule has 4 aromatic rings. The van der Waals surface area contributed by atoms with Crippen LogP contribution in [0.15, 0.2) is 72.8 Å². The maximum absolute atomic E-state index is 11.5. The molecular weight excluding hydrogens is 508 g/mol. The van der Waals surface area contributed by atoms with Crippen LogP contribution in [0.5, 0.6) is 0 Å². The second-order valence-corrected chi connectivity index (χ2v) is 10.9. The molecule has 8 heteroatoms. The highest BCUT2D eigenvalue weighted by Crippen LogP contribution is 2.52. The summed E-state index contributed by atoms with van der Waals surface area (Å²) < 4.78 is 12.8. The minimum atomic E-state index is -1.67. The number of hydroxylamine groups is 1. The van der Waals surface area contributed by atoms with Crippen molar-refractivity contribution in [3.05, 3.63) is 93.3 Å². The molecule has 0 saturated heterocycles. The SMILES string of the molecule is CCOP(OCC)N(O)C(Cc1ccc(Cl)c(Cl)c1)c1sc2ccccc2c1-c1ccccc1. The molecule has 4 nitrogen and oxygen atoms in total. The summed E-state index contributed by atoms with van der Waals surface area (Å²) in [6.45, 7) is 4.65. The minimum absolute atomic E-state index is 0.422. The fourth-order valence-electron chi connectivity index (χ4n) is 3.86. The molecule has 1 unspecified atom stereocenters. The summed E-state index contributed by atoms with van der Waals surface area (Å²) in [5, 5.41) is 13.7. The number of benzene rings is 3. The average molecular weight is 534 g/mol. The van der Waals surface area contributed by atoms with Gasteiger partial charge in [-0.15, -0.1) is 16.2 Å². The predicted octanol–water partition coefficient (Wildman–Crippen LogP) is 9.15. The van der Waals surface area contributed by atoms with E-state index in [9.17, 15) is 5.21 Å². The largest absolute Gasteiger partial charge is 0.321 e. The third-order valence-electron chi connectivity index (χ3n) is 5.33. The minimum Gasteiger partial charge on any atom is -0.321 e. The van der Waals surface area contributed by atoms with Crippen molar-refractivity contribution in [1.82, 2.24) is 4.83 Å². The van der Waals surface area contributed by atoms with Crippen molar-refractivity contribution < 1.29 is 14.3 Å². The Bertz CT molecular complexity index is 1230. The van der Waals surface area contributed by atoms with E-state index in [0.29, 0.717) is 29.7 Å². The highest BCUT2D eigenvalue weighted by molar-refractivity contribution is 7.44. The number of rotatable bonds is 10. The summed E-state index contributed by atoms with van der Waals surface area (Å²) in [6, 6.07) is 23.7. The molecule has 178 valence electrons. The summed E-state index contributed by atoms with van der Waals surface area (Å²) in [6.07, 6.45) is 0.499. The Kier molecular flexibility index (Phi) is 8.97. The van der Waals surface area contributed by atoms with Crippen LogP contribution in [0.1, 0.15) is 30.3 Å². The van der Waals surface area contributed by atoms with E-state index in [1.807, 2.05) is 56.3 Å². The molecule has 0 aliphatic heterocycles. The van der Waals surface area contributed by atoms with Gasteiger partial charge in [0, 0.05) is 20.5 Å². The third-order valence-corrected chi connectivity index (χ3v) is 8.91. The Morgan fingerprint density at radius 3 is 2.26 bits per heavy atom. The van der Waals surface area contributed by atoms with Crippen LogP contribution in [0.4, 0.5) is 0 Å². The lowest BCUT2D eigenvalue weighted by atomic mass is 9.96. The van der Waals surface area contributed by atoms with Crippen LogP contribution in [0.3, 0.4) is 0 Å². The first-order valence-electron chi connectivity index (χ1n) is 11.1. The average Bonchev–Trinajstić information content (AvgIpc) is 3.24. The Hall–Kier alpha value is -1.53.